The molecular weight excluding hydrogens is 254 g/mol. The molecule has 0 amide bonds. The maximum atomic E-state index is 3.65. The Bertz CT molecular complexity index is 566. The van der Waals surface area contributed by atoms with Crippen LogP contribution < -0.4 is 5.32 Å². The fourth-order valence-corrected chi connectivity index (χ4v) is 3.05. The molecule has 0 spiro atoms. The Morgan fingerprint density at radius 1 is 0.905 bits per heavy atom. The maximum absolute atomic E-state index is 3.65. The molecule has 1 unspecified atom stereocenters. The van der Waals surface area contributed by atoms with Crippen molar-refractivity contribution in [1.29, 1.82) is 0 Å². The first-order valence-corrected chi connectivity index (χ1v) is 7.94. The van der Waals surface area contributed by atoms with Crippen molar-refractivity contribution in [2.45, 2.75) is 46.6 Å². The summed E-state index contributed by atoms with van der Waals surface area (Å²) >= 11 is 0. The van der Waals surface area contributed by atoms with E-state index in [9.17, 15) is 0 Å². The van der Waals surface area contributed by atoms with E-state index in [2.05, 4.69) is 75.5 Å². The largest absolute Gasteiger partial charge is 0.314 e. The molecule has 1 atom stereocenters. The van der Waals surface area contributed by atoms with Crippen LogP contribution in [0.3, 0.4) is 0 Å². The van der Waals surface area contributed by atoms with E-state index in [1.807, 2.05) is 0 Å². The van der Waals surface area contributed by atoms with Gasteiger partial charge >= 0.3 is 0 Å². The first kappa shape index (κ1) is 15.8. The molecule has 0 aliphatic carbocycles. The van der Waals surface area contributed by atoms with Gasteiger partial charge in [-0.15, -0.1) is 0 Å². The topological polar surface area (TPSA) is 12.0 Å². The SMILES string of the molecule is CCNC(Cc1cccc(C)c1)Cc1c(C)cccc1C. The second-order valence-corrected chi connectivity index (χ2v) is 6.02. The van der Waals surface area contributed by atoms with Crippen LogP contribution in [0.5, 0.6) is 0 Å². The monoisotopic (exact) mass is 281 g/mol. The number of hydrogen-bond donors (Lipinski definition) is 1. The molecule has 2 rings (SSSR count). The van der Waals surface area contributed by atoms with E-state index in [4.69, 9.17) is 0 Å². The molecule has 1 nitrogen and oxygen atoms in total. The molecule has 0 aliphatic rings. The summed E-state index contributed by atoms with van der Waals surface area (Å²) in [5.41, 5.74) is 7.07. The minimum atomic E-state index is 0.497. The van der Waals surface area contributed by atoms with Gasteiger partial charge in [-0.05, 0) is 62.4 Å². The molecule has 21 heavy (non-hydrogen) atoms. The predicted molar refractivity (Wildman–Crippen MR) is 92.0 cm³/mol. The summed E-state index contributed by atoms with van der Waals surface area (Å²) in [6.07, 6.45) is 2.18. The summed E-state index contributed by atoms with van der Waals surface area (Å²) in [5, 5.41) is 3.65. The van der Waals surface area contributed by atoms with E-state index in [-0.39, 0.29) is 0 Å². The van der Waals surface area contributed by atoms with Crippen LogP contribution in [0, 0.1) is 20.8 Å². The average Bonchev–Trinajstić information content (AvgIpc) is 2.43. The summed E-state index contributed by atoms with van der Waals surface area (Å²) in [4.78, 5) is 0. The van der Waals surface area contributed by atoms with Gasteiger partial charge in [-0.2, -0.15) is 0 Å². The van der Waals surface area contributed by atoms with Gasteiger partial charge in [0.1, 0.15) is 0 Å². The highest BCUT2D eigenvalue weighted by atomic mass is 14.9. The molecule has 0 bridgehead atoms. The lowest BCUT2D eigenvalue weighted by molar-refractivity contribution is 0.519. The van der Waals surface area contributed by atoms with E-state index in [0.29, 0.717) is 6.04 Å². The molecule has 0 saturated carbocycles. The first-order valence-electron chi connectivity index (χ1n) is 7.94. The quantitative estimate of drug-likeness (QED) is 0.829. The molecule has 0 aromatic heterocycles. The summed E-state index contributed by atoms with van der Waals surface area (Å²) < 4.78 is 0. The van der Waals surface area contributed by atoms with Crippen molar-refractivity contribution < 1.29 is 0 Å². The summed E-state index contributed by atoms with van der Waals surface area (Å²) in [6.45, 7) is 9.81. The Labute approximate surface area is 129 Å². The molecule has 0 fully saturated rings. The Hall–Kier alpha value is -1.60. The number of likely N-dealkylation sites (N-methyl/N-ethyl adjacent to an activating group) is 1. The van der Waals surface area contributed by atoms with Crippen molar-refractivity contribution >= 4 is 0 Å². The summed E-state index contributed by atoms with van der Waals surface area (Å²) in [7, 11) is 0. The van der Waals surface area contributed by atoms with E-state index in [0.717, 1.165) is 19.4 Å². The van der Waals surface area contributed by atoms with Crippen LogP contribution in [0.15, 0.2) is 42.5 Å². The first-order chi connectivity index (χ1) is 10.1. The smallest absolute Gasteiger partial charge is 0.0148 e. The molecule has 0 aliphatic heterocycles. The van der Waals surface area contributed by atoms with Crippen molar-refractivity contribution in [1.82, 2.24) is 5.32 Å². The van der Waals surface area contributed by atoms with Crippen LogP contribution in [-0.2, 0) is 12.8 Å². The number of aryl methyl sites for hydroxylation is 3. The third-order valence-electron chi connectivity index (χ3n) is 4.15. The second kappa shape index (κ2) is 7.42. The van der Waals surface area contributed by atoms with E-state index in [1.54, 1.807) is 0 Å². The standard InChI is InChI=1S/C20H27N/c1-5-21-19(13-18-11-6-8-15(2)12-18)14-20-16(3)9-7-10-17(20)4/h6-12,19,21H,5,13-14H2,1-4H3. The Morgan fingerprint density at radius 2 is 1.57 bits per heavy atom. The molecular formula is C20H27N. The van der Waals surface area contributed by atoms with Gasteiger partial charge < -0.3 is 5.32 Å². The van der Waals surface area contributed by atoms with E-state index >= 15 is 0 Å². The number of hydrogen-bond acceptors (Lipinski definition) is 1. The molecule has 2 aromatic rings. The average molecular weight is 281 g/mol. The normalized spacial score (nSPS) is 12.4. The zero-order valence-electron chi connectivity index (χ0n) is 13.7. The van der Waals surface area contributed by atoms with Crippen LogP contribution in [-0.4, -0.2) is 12.6 Å². The number of benzene rings is 2. The number of nitrogens with one attached hydrogen (secondary N) is 1. The molecule has 1 N–H and O–H groups in total. The lowest BCUT2D eigenvalue weighted by Gasteiger charge is -2.21. The zero-order valence-corrected chi connectivity index (χ0v) is 13.7. The van der Waals surface area contributed by atoms with Crippen LogP contribution in [0.2, 0.25) is 0 Å². The zero-order chi connectivity index (χ0) is 15.2. The third-order valence-corrected chi connectivity index (χ3v) is 4.15. The highest BCUT2D eigenvalue weighted by molar-refractivity contribution is 5.34. The highest BCUT2D eigenvalue weighted by Gasteiger charge is 2.12. The molecule has 2 aromatic carbocycles. The fourth-order valence-electron chi connectivity index (χ4n) is 3.05. The lowest BCUT2D eigenvalue weighted by atomic mass is 9.93. The highest BCUT2D eigenvalue weighted by Crippen LogP contribution is 2.17. The van der Waals surface area contributed by atoms with Crippen LogP contribution in [0.1, 0.15) is 34.7 Å². The number of rotatable bonds is 6. The minimum absolute atomic E-state index is 0.497. The van der Waals surface area contributed by atoms with Gasteiger partial charge in [0.25, 0.3) is 0 Å². The molecule has 0 heterocycles. The Kier molecular flexibility index (Phi) is 5.58. The predicted octanol–water partition coefficient (Wildman–Crippen LogP) is 4.38. The second-order valence-electron chi connectivity index (χ2n) is 6.02. The van der Waals surface area contributed by atoms with Crippen LogP contribution in [0.25, 0.3) is 0 Å². The Balaban J connectivity index is 2.16. The minimum Gasteiger partial charge on any atom is -0.314 e. The Morgan fingerprint density at radius 3 is 2.19 bits per heavy atom. The van der Waals surface area contributed by atoms with Gasteiger partial charge in [0, 0.05) is 6.04 Å². The van der Waals surface area contributed by atoms with Gasteiger partial charge in [0.15, 0.2) is 0 Å². The van der Waals surface area contributed by atoms with Gasteiger partial charge in [-0.3, -0.25) is 0 Å². The molecule has 0 radical (unpaired) electrons. The van der Waals surface area contributed by atoms with E-state index < -0.39 is 0 Å². The van der Waals surface area contributed by atoms with Gasteiger partial charge in [-0.1, -0.05) is 55.0 Å². The van der Waals surface area contributed by atoms with Crippen molar-refractivity contribution in [3.05, 3.63) is 70.3 Å². The summed E-state index contributed by atoms with van der Waals surface area (Å²) in [5.74, 6) is 0. The van der Waals surface area contributed by atoms with Gasteiger partial charge in [0.05, 0.1) is 0 Å². The third kappa shape index (κ3) is 4.44. The molecule has 112 valence electrons. The maximum Gasteiger partial charge on any atom is 0.0148 e. The van der Waals surface area contributed by atoms with Crippen molar-refractivity contribution in [3.8, 4) is 0 Å². The molecule has 0 saturated heterocycles. The fraction of sp³-hybridized carbons (Fsp3) is 0.400. The van der Waals surface area contributed by atoms with Gasteiger partial charge in [0.2, 0.25) is 0 Å². The molecule has 1 heteroatoms. The van der Waals surface area contributed by atoms with Crippen molar-refractivity contribution in [2.24, 2.45) is 0 Å². The van der Waals surface area contributed by atoms with Crippen molar-refractivity contribution in [3.63, 3.8) is 0 Å². The lowest BCUT2D eigenvalue weighted by Crippen LogP contribution is -2.33. The van der Waals surface area contributed by atoms with Crippen molar-refractivity contribution in [2.75, 3.05) is 6.54 Å². The summed E-state index contributed by atoms with van der Waals surface area (Å²) in [6, 6.07) is 15.9. The van der Waals surface area contributed by atoms with Crippen LogP contribution >= 0.6 is 0 Å². The van der Waals surface area contributed by atoms with Gasteiger partial charge in [-0.25, -0.2) is 0 Å². The van der Waals surface area contributed by atoms with Crippen LogP contribution in [0.4, 0.5) is 0 Å². The van der Waals surface area contributed by atoms with E-state index in [1.165, 1.54) is 27.8 Å².